The number of hydrogen-bond acceptors (Lipinski definition) is 2. The number of carbonyl (C=O) groups excluding carboxylic acids is 1. The third kappa shape index (κ3) is 2.45. The molecule has 0 aliphatic carbocycles. The number of carbonyl (C=O) groups is 1. The van der Waals surface area contributed by atoms with E-state index in [-0.39, 0.29) is 11.8 Å². The smallest absolute Gasteiger partial charge is 0.181 e. The summed E-state index contributed by atoms with van der Waals surface area (Å²) in [4.78, 5) is 11.9. The minimum atomic E-state index is -0.0394. The van der Waals surface area contributed by atoms with Crippen molar-refractivity contribution in [2.24, 2.45) is 7.05 Å². The highest BCUT2D eigenvalue weighted by Gasteiger charge is 2.17. The molecular formula is C11H18N2O. The molecule has 0 aliphatic rings. The summed E-state index contributed by atoms with van der Waals surface area (Å²) in [5, 5.41) is 3.18. The maximum atomic E-state index is 11.9. The Kier molecular flexibility index (Phi) is 3.89. The van der Waals surface area contributed by atoms with Crippen LogP contribution in [0.5, 0.6) is 0 Å². The van der Waals surface area contributed by atoms with E-state index in [1.807, 2.05) is 43.9 Å². The van der Waals surface area contributed by atoms with E-state index < -0.39 is 0 Å². The topological polar surface area (TPSA) is 34.0 Å². The largest absolute Gasteiger partial charge is 0.357 e. The van der Waals surface area contributed by atoms with E-state index in [0.717, 1.165) is 18.5 Å². The Labute approximate surface area is 85.1 Å². The molecule has 1 rings (SSSR count). The molecule has 3 heteroatoms. The van der Waals surface area contributed by atoms with Crippen LogP contribution in [0.15, 0.2) is 18.5 Å². The first-order valence-electron chi connectivity index (χ1n) is 5.08. The zero-order chi connectivity index (χ0) is 10.6. The van der Waals surface area contributed by atoms with Crippen molar-refractivity contribution >= 4 is 5.78 Å². The molecule has 1 heterocycles. The average molecular weight is 194 g/mol. The van der Waals surface area contributed by atoms with Crippen molar-refractivity contribution in [3.63, 3.8) is 0 Å². The number of rotatable bonds is 5. The normalized spacial score (nSPS) is 12.8. The van der Waals surface area contributed by atoms with Crippen molar-refractivity contribution < 1.29 is 4.79 Å². The van der Waals surface area contributed by atoms with Crippen molar-refractivity contribution in [3.05, 3.63) is 24.0 Å². The number of nitrogens with one attached hydrogen (secondary N) is 1. The molecule has 0 aliphatic heterocycles. The highest BCUT2D eigenvalue weighted by molar-refractivity contribution is 5.99. The number of ketones is 1. The molecule has 3 nitrogen and oxygen atoms in total. The van der Waals surface area contributed by atoms with Gasteiger partial charge in [-0.3, -0.25) is 4.79 Å². The highest BCUT2D eigenvalue weighted by Crippen LogP contribution is 2.06. The standard InChI is InChI=1S/C11H18N2O/c1-4-10(12-5-2)11(14)9-6-7-13(3)8-9/h6-8,10,12H,4-5H2,1-3H3. The van der Waals surface area contributed by atoms with Gasteiger partial charge < -0.3 is 9.88 Å². The Morgan fingerprint density at radius 2 is 2.29 bits per heavy atom. The first-order valence-corrected chi connectivity index (χ1v) is 5.08. The monoisotopic (exact) mass is 194 g/mol. The molecule has 1 aromatic rings. The molecule has 0 bridgehead atoms. The molecular weight excluding hydrogens is 176 g/mol. The van der Waals surface area contributed by atoms with E-state index in [2.05, 4.69) is 5.32 Å². The van der Waals surface area contributed by atoms with Crippen LogP contribution in [0.1, 0.15) is 30.6 Å². The maximum Gasteiger partial charge on any atom is 0.181 e. The van der Waals surface area contributed by atoms with Crippen LogP contribution >= 0.6 is 0 Å². The van der Waals surface area contributed by atoms with Gasteiger partial charge in [-0.05, 0) is 19.0 Å². The Bertz CT molecular complexity index is 304. The Morgan fingerprint density at radius 3 is 2.71 bits per heavy atom. The summed E-state index contributed by atoms with van der Waals surface area (Å²) in [7, 11) is 1.92. The summed E-state index contributed by atoms with van der Waals surface area (Å²) < 4.78 is 1.89. The number of Topliss-reactive ketones (excluding diaryl/α,β-unsaturated/α-hetero) is 1. The Morgan fingerprint density at radius 1 is 1.57 bits per heavy atom. The van der Waals surface area contributed by atoms with Gasteiger partial charge >= 0.3 is 0 Å². The summed E-state index contributed by atoms with van der Waals surface area (Å²) in [5.41, 5.74) is 0.792. The first kappa shape index (κ1) is 11.0. The van der Waals surface area contributed by atoms with E-state index in [1.165, 1.54) is 0 Å². The van der Waals surface area contributed by atoms with Gasteiger partial charge in [0.1, 0.15) is 0 Å². The lowest BCUT2D eigenvalue weighted by Crippen LogP contribution is -2.35. The van der Waals surface area contributed by atoms with Crippen LogP contribution in [0.3, 0.4) is 0 Å². The molecule has 0 aromatic carbocycles. The number of aromatic nitrogens is 1. The third-order valence-corrected chi connectivity index (χ3v) is 2.29. The molecule has 14 heavy (non-hydrogen) atoms. The van der Waals surface area contributed by atoms with Crippen LogP contribution in [0, 0.1) is 0 Å². The van der Waals surface area contributed by atoms with Gasteiger partial charge in [-0.15, -0.1) is 0 Å². The quantitative estimate of drug-likeness (QED) is 0.722. The van der Waals surface area contributed by atoms with E-state index in [1.54, 1.807) is 0 Å². The molecule has 78 valence electrons. The number of aryl methyl sites for hydroxylation is 1. The highest BCUT2D eigenvalue weighted by atomic mass is 16.1. The van der Waals surface area contributed by atoms with Gasteiger partial charge in [0.05, 0.1) is 6.04 Å². The molecule has 1 atom stereocenters. The first-order chi connectivity index (χ1) is 6.69. The molecule has 0 saturated heterocycles. The molecule has 0 spiro atoms. The van der Waals surface area contributed by atoms with Crippen LogP contribution in [0.4, 0.5) is 0 Å². The summed E-state index contributed by atoms with van der Waals surface area (Å²) >= 11 is 0. The molecule has 1 unspecified atom stereocenters. The second kappa shape index (κ2) is 4.96. The van der Waals surface area contributed by atoms with Crippen LogP contribution in [-0.4, -0.2) is 22.9 Å². The average Bonchev–Trinajstić information content (AvgIpc) is 2.60. The molecule has 1 aromatic heterocycles. The van der Waals surface area contributed by atoms with Gasteiger partial charge in [0.2, 0.25) is 0 Å². The van der Waals surface area contributed by atoms with Crippen molar-refractivity contribution in [2.45, 2.75) is 26.3 Å². The minimum absolute atomic E-state index is 0.0394. The van der Waals surface area contributed by atoms with E-state index in [0.29, 0.717) is 0 Å². The fraction of sp³-hybridized carbons (Fsp3) is 0.545. The number of nitrogens with zero attached hydrogens (tertiary/aromatic N) is 1. The van der Waals surface area contributed by atoms with Crippen molar-refractivity contribution in [1.82, 2.24) is 9.88 Å². The van der Waals surface area contributed by atoms with Crippen molar-refractivity contribution in [3.8, 4) is 0 Å². The Balaban J connectivity index is 2.72. The zero-order valence-electron chi connectivity index (χ0n) is 9.08. The van der Waals surface area contributed by atoms with Gasteiger partial charge in [-0.1, -0.05) is 13.8 Å². The van der Waals surface area contributed by atoms with Gasteiger partial charge in [0, 0.05) is 25.0 Å². The SMILES string of the molecule is CCNC(CC)C(=O)c1ccn(C)c1. The fourth-order valence-electron chi connectivity index (χ4n) is 1.52. The van der Waals surface area contributed by atoms with E-state index in [4.69, 9.17) is 0 Å². The number of hydrogen-bond donors (Lipinski definition) is 1. The number of likely N-dealkylation sites (N-methyl/N-ethyl adjacent to an activating group) is 1. The fourth-order valence-corrected chi connectivity index (χ4v) is 1.52. The van der Waals surface area contributed by atoms with Crippen LogP contribution in [-0.2, 0) is 7.05 Å². The Hall–Kier alpha value is -1.09. The lowest BCUT2D eigenvalue weighted by molar-refractivity contribution is 0.0941. The summed E-state index contributed by atoms with van der Waals surface area (Å²) in [6, 6.07) is 1.82. The lowest BCUT2D eigenvalue weighted by atomic mass is 10.1. The molecule has 0 saturated carbocycles. The van der Waals surface area contributed by atoms with E-state index >= 15 is 0 Å². The summed E-state index contributed by atoms with van der Waals surface area (Å²) in [5.74, 6) is 0.190. The van der Waals surface area contributed by atoms with E-state index in [9.17, 15) is 4.79 Å². The molecule has 0 radical (unpaired) electrons. The molecule has 0 fully saturated rings. The predicted molar refractivity (Wildman–Crippen MR) is 57.5 cm³/mol. The van der Waals surface area contributed by atoms with Crippen molar-refractivity contribution in [2.75, 3.05) is 6.54 Å². The van der Waals surface area contributed by atoms with Gasteiger partial charge in [0.15, 0.2) is 5.78 Å². The molecule has 1 N–H and O–H groups in total. The van der Waals surface area contributed by atoms with Gasteiger partial charge in [0.25, 0.3) is 0 Å². The second-order valence-corrected chi connectivity index (χ2v) is 3.45. The maximum absolute atomic E-state index is 11.9. The third-order valence-electron chi connectivity index (χ3n) is 2.29. The summed E-state index contributed by atoms with van der Waals surface area (Å²) in [6.07, 6.45) is 4.59. The van der Waals surface area contributed by atoms with Crippen molar-refractivity contribution in [1.29, 1.82) is 0 Å². The second-order valence-electron chi connectivity index (χ2n) is 3.45. The summed E-state index contributed by atoms with van der Waals surface area (Å²) in [6.45, 7) is 4.87. The zero-order valence-corrected chi connectivity index (χ0v) is 9.08. The van der Waals surface area contributed by atoms with Crippen LogP contribution < -0.4 is 5.32 Å². The van der Waals surface area contributed by atoms with Gasteiger partial charge in [-0.2, -0.15) is 0 Å². The van der Waals surface area contributed by atoms with Crippen LogP contribution in [0.2, 0.25) is 0 Å². The van der Waals surface area contributed by atoms with Crippen LogP contribution in [0.25, 0.3) is 0 Å². The lowest BCUT2D eigenvalue weighted by Gasteiger charge is -2.13. The minimum Gasteiger partial charge on any atom is -0.357 e. The molecule has 0 amide bonds. The van der Waals surface area contributed by atoms with Gasteiger partial charge in [-0.25, -0.2) is 0 Å². The predicted octanol–water partition coefficient (Wildman–Crippen LogP) is 1.60.